The van der Waals surface area contributed by atoms with Crippen LogP contribution in [0.2, 0.25) is 10.0 Å². The molecule has 0 spiro atoms. The van der Waals surface area contributed by atoms with Gasteiger partial charge in [0.25, 0.3) is 0 Å². The highest BCUT2D eigenvalue weighted by atomic mass is 35.5. The van der Waals surface area contributed by atoms with E-state index in [1.54, 1.807) is 6.07 Å². The molecule has 1 amide bonds. The van der Waals surface area contributed by atoms with Crippen molar-refractivity contribution in [3.8, 4) is 0 Å². The summed E-state index contributed by atoms with van der Waals surface area (Å²) in [5.74, 6) is 0.0499. The number of aryl methyl sites for hydroxylation is 1. The number of benzene rings is 2. The van der Waals surface area contributed by atoms with E-state index >= 15 is 0 Å². The third-order valence-corrected chi connectivity index (χ3v) is 5.80. The number of piperidine rings is 1. The van der Waals surface area contributed by atoms with E-state index in [9.17, 15) is 4.79 Å². The fraction of sp³-hybridized carbons (Fsp3) is 0.409. The first-order valence-corrected chi connectivity index (χ1v) is 10.4. The Morgan fingerprint density at radius 3 is 2.44 bits per heavy atom. The molecule has 3 rings (SSSR count). The van der Waals surface area contributed by atoms with Crippen molar-refractivity contribution in [3.05, 3.63) is 69.2 Å². The predicted octanol–water partition coefficient (Wildman–Crippen LogP) is 5.23. The maximum Gasteiger partial charge on any atom is 0.220 e. The van der Waals surface area contributed by atoms with Gasteiger partial charge >= 0.3 is 0 Å². The van der Waals surface area contributed by atoms with Crippen LogP contribution in [-0.4, -0.2) is 23.9 Å². The number of amides is 1. The molecule has 1 heterocycles. The minimum atomic E-state index is 0.0499. The van der Waals surface area contributed by atoms with Crippen LogP contribution in [0.5, 0.6) is 0 Å². The lowest BCUT2D eigenvalue weighted by Gasteiger charge is -2.27. The molecule has 0 unspecified atom stereocenters. The number of carbonyl (C=O) groups excluding carboxylic acids is 1. The van der Waals surface area contributed by atoms with Crippen LogP contribution >= 0.6 is 23.2 Å². The molecular formula is C22H26Cl2N2O. The Morgan fingerprint density at radius 2 is 1.70 bits per heavy atom. The maximum atomic E-state index is 12.3. The normalized spacial score (nSPS) is 14.9. The third kappa shape index (κ3) is 6.24. The maximum absolute atomic E-state index is 12.3. The smallest absolute Gasteiger partial charge is 0.220 e. The molecule has 1 fully saturated rings. The minimum absolute atomic E-state index is 0.0499. The van der Waals surface area contributed by atoms with Crippen molar-refractivity contribution in [2.24, 2.45) is 0 Å². The van der Waals surface area contributed by atoms with Gasteiger partial charge in [-0.15, -0.1) is 0 Å². The van der Waals surface area contributed by atoms with E-state index in [1.807, 2.05) is 18.2 Å². The largest absolute Gasteiger partial charge is 0.352 e. The molecule has 1 N–H and O–H groups in total. The lowest BCUT2D eigenvalue weighted by atomic mass is 10.0. The predicted molar refractivity (Wildman–Crippen MR) is 112 cm³/mol. The summed E-state index contributed by atoms with van der Waals surface area (Å²) in [6.07, 6.45) is 5.00. The van der Waals surface area contributed by atoms with E-state index in [1.165, 1.54) is 43.5 Å². The summed E-state index contributed by atoms with van der Waals surface area (Å²) in [6.45, 7) is 3.88. The summed E-state index contributed by atoms with van der Waals surface area (Å²) in [4.78, 5) is 14.8. The Kier molecular flexibility index (Phi) is 7.57. The molecule has 5 heteroatoms. The van der Waals surface area contributed by atoms with Crippen molar-refractivity contribution in [2.75, 3.05) is 13.1 Å². The lowest BCUT2D eigenvalue weighted by Crippen LogP contribution is -2.30. The Hall–Kier alpha value is -1.55. The highest BCUT2D eigenvalue weighted by Crippen LogP contribution is 2.23. The van der Waals surface area contributed by atoms with Crippen molar-refractivity contribution >= 4 is 29.1 Å². The molecule has 1 aliphatic rings. The first kappa shape index (κ1) is 20.2. The molecule has 3 nitrogen and oxygen atoms in total. The Balaban J connectivity index is 1.50. The van der Waals surface area contributed by atoms with Gasteiger partial charge in [0.05, 0.1) is 10.0 Å². The zero-order valence-electron chi connectivity index (χ0n) is 15.5. The zero-order chi connectivity index (χ0) is 19.1. The monoisotopic (exact) mass is 404 g/mol. The Morgan fingerprint density at radius 1 is 0.963 bits per heavy atom. The summed E-state index contributed by atoms with van der Waals surface area (Å²) in [7, 11) is 0. The summed E-state index contributed by atoms with van der Waals surface area (Å²) in [6, 6.07) is 13.9. The molecule has 0 atom stereocenters. The SMILES string of the molecule is O=C(CCc1ccc(Cl)c(Cl)c1)NCc1ccccc1CN1CCCCC1. The lowest BCUT2D eigenvalue weighted by molar-refractivity contribution is -0.121. The molecule has 1 aliphatic heterocycles. The van der Waals surface area contributed by atoms with Crippen LogP contribution in [0.25, 0.3) is 0 Å². The summed E-state index contributed by atoms with van der Waals surface area (Å²) >= 11 is 12.0. The van der Waals surface area contributed by atoms with E-state index in [0.717, 1.165) is 12.1 Å². The molecule has 0 saturated carbocycles. The second-order valence-corrected chi connectivity index (χ2v) is 7.95. The van der Waals surface area contributed by atoms with E-state index in [2.05, 4.69) is 28.4 Å². The number of hydrogen-bond donors (Lipinski definition) is 1. The average Bonchev–Trinajstić information content (AvgIpc) is 2.69. The van der Waals surface area contributed by atoms with Gasteiger partial charge in [-0.3, -0.25) is 9.69 Å². The highest BCUT2D eigenvalue weighted by Gasteiger charge is 2.13. The standard InChI is InChI=1S/C22H26Cl2N2O/c23-20-10-8-17(14-21(20)24)9-11-22(27)25-15-18-6-2-3-7-19(18)16-26-12-4-1-5-13-26/h2-3,6-8,10,14H,1,4-5,9,11-13,15-16H2,(H,25,27). The molecule has 1 saturated heterocycles. The first-order valence-electron chi connectivity index (χ1n) is 9.61. The van der Waals surface area contributed by atoms with Crippen LogP contribution in [0.3, 0.4) is 0 Å². The van der Waals surface area contributed by atoms with Gasteiger partial charge in [0.1, 0.15) is 0 Å². The first-order chi connectivity index (χ1) is 13.1. The van der Waals surface area contributed by atoms with Crippen molar-refractivity contribution in [2.45, 2.75) is 45.2 Å². The van der Waals surface area contributed by atoms with Crippen molar-refractivity contribution in [1.29, 1.82) is 0 Å². The van der Waals surface area contributed by atoms with Crippen LogP contribution < -0.4 is 5.32 Å². The molecule has 2 aromatic rings. The number of halogens is 2. The number of hydrogen-bond acceptors (Lipinski definition) is 2. The number of carbonyl (C=O) groups is 1. The summed E-state index contributed by atoms with van der Waals surface area (Å²) in [5, 5.41) is 4.12. The fourth-order valence-electron chi connectivity index (χ4n) is 3.48. The topological polar surface area (TPSA) is 32.3 Å². The molecular weight excluding hydrogens is 379 g/mol. The third-order valence-electron chi connectivity index (χ3n) is 5.06. The number of nitrogens with one attached hydrogen (secondary N) is 1. The second kappa shape index (κ2) is 10.1. The molecule has 2 aromatic carbocycles. The van der Waals surface area contributed by atoms with Gasteiger partial charge in [0.15, 0.2) is 0 Å². The summed E-state index contributed by atoms with van der Waals surface area (Å²) in [5.41, 5.74) is 3.53. The van der Waals surface area contributed by atoms with Crippen LogP contribution in [0.4, 0.5) is 0 Å². The number of rotatable bonds is 7. The molecule has 144 valence electrons. The molecule has 0 aromatic heterocycles. The number of likely N-dealkylation sites (tertiary alicyclic amines) is 1. The van der Waals surface area contributed by atoms with Gasteiger partial charge < -0.3 is 5.32 Å². The second-order valence-electron chi connectivity index (χ2n) is 7.13. The van der Waals surface area contributed by atoms with Crippen molar-refractivity contribution in [3.63, 3.8) is 0 Å². The van der Waals surface area contributed by atoms with Gasteiger partial charge in [0.2, 0.25) is 5.91 Å². The van der Waals surface area contributed by atoms with Crippen LogP contribution in [0.1, 0.15) is 42.4 Å². The minimum Gasteiger partial charge on any atom is -0.352 e. The van der Waals surface area contributed by atoms with E-state index in [4.69, 9.17) is 23.2 Å². The van der Waals surface area contributed by atoms with Gasteiger partial charge in [0, 0.05) is 19.5 Å². The van der Waals surface area contributed by atoms with Gasteiger partial charge in [-0.2, -0.15) is 0 Å². The molecule has 27 heavy (non-hydrogen) atoms. The van der Waals surface area contributed by atoms with E-state index in [-0.39, 0.29) is 5.91 Å². The Labute approximate surface area is 171 Å². The highest BCUT2D eigenvalue weighted by molar-refractivity contribution is 6.42. The fourth-order valence-corrected chi connectivity index (χ4v) is 3.80. The average molecular weight is 405 g/mol. The molecule has 0 aliphatic carbocycles. The van der Waals surface area contributed by atoms with Gasteiger partial charge in [-0.25, -0.2) is 0 Å². The quantitative estimate of drug-likeness (QED) is 0.684. The van der Waals surface area contributed by atoms with Crippen molar-refractivity contribution in [1.82, 2.24) is 10.2 Å². The van der Waals surface area contributed by atoms with E-state index < -0.39 is 0 Å². The van der Waals surface area contributed by atoms with Crippen LogP contribution in [-0.2, 0) is 24.3 Å². The molecule has 0 radical (unpaired) electrons. The van der Waals surface area contributed by atoms with Crippen molar-refractivity contribution < 1.29 is 4.79 Å². The van der Waals surface area contributed by atoms with E-state index in [0.29, 0.717) is 29.4 Å². The van der Waals surface area contributed by atoms with Gasteiger partial charge in [-0.05, 0) is 61.2 Å². The van der Waals surface area contributed by atoms with Gasteiger partial charge in [-0.1, -0.05) is 60.0 Å². The van der Waals surface area contributed by atoms with Crippen LogP contribution in [0, 0.1) is 0 Å². The number of nitrogens with zero attached hydrogens (tertiary/aromatic N) is 1. The molecule has 0 bridgehead atoms. The zero-order valence-corrected chi connectivity index (χ0v) is 17.0. The van der Waals surface area contributed by atoms with Crippen LogP contribution in [0.15, 0.2) is 42.5 Å². The Bertz CT molecular complexity index is 773. The summed E-state index contributed by atoms with van der Waals surface area (Å²) < 4.78 is 0.